The van der Waals surface area contributed by atoms with Crippen molar-refractivity contribution in [1.29, 1.82) is 0 Å². The Morgan fingerprint density at radius 2 is 2.05 bits per heavy atom. The Bertz CT molecular complexity index is 577. The highest BCUT2D eigenvalue weighted by Gasteiger charge is 2.34. The maximum Gasteiger partial charge on any atom is 0.410 e. The molecule has 120 valence electrons. The number of nitrogens with zero attached hydrogens (tertiary/aromatic N) is 1. The zero-order valence-corrected chi connectivity index (χ0v) is 15.2. The first-order valence-corrected chi connectivity index (χ1v) is 8.30. The number of hydrogen-bond donors (Lipinski definition) is 0. The lowest BCUT2D eigenvalue weighted by atomic mass is 9.95. The van der Waals surface area contributed by atoms with Gasteiger partial charge in [-0.15, -0.1) is 0 Å². The average molecular weight is 389 g/mol. The Hall–Kier alpha value is -1.07. The molecule has 0 N–H and O–H groups in total. The van der Waals surface area contributed by atoms with Crippen molar-refractivity contribution in [3.8, 4) is 0 Å². The maximum atomic E-state index is 12.4. The third-order valence-corrected chi connectivity index (χ3v) is 4.00. The predicted molar refractivity (Wildman–Crippen MR) is 89.1 cm³/mol. The van der Waals surface area contributed by atoms with Gasteiger partial charge in [-0.1, -0.05) is 27.5 Å². The van der Waals surface area contributed by atoms with Gasteiger partial charge in [-0.2, -0.15) is 0 Å². The highest BCUT2D eigenvalue weighted by Crippen LogP contribution is 2.33. The first-order valence-electron chi connectivity index (χ1n) is 7.13. The summed E-state index contributed by atoms with van der Waals surface area (Å²) in [5.74, 6) is 0.140. The van der Waals surface area contributed by atoms with Crippen LogP contribution in [0.25, 0.3) is 0 Å². The van der Waals surface area contributed by atoms with Gasteiger partial charge >= 0.3 is 6.09 Å². The molecule has 1 amide bonds. The minimum Gasteiger partial charge on any atom is -0.444 e. The maximum absolute atomic E-state index is 12.4. The third-order valence-electron chi connectivity index (χ3n) is 3.33. The van der Waals surface area contributed by atoms with Crippen molar-refractivity contribution < 1.29 is 14.3 Å². The van der Waals surface area contributed by atoms with Gasteiger partial charge in [0.25, 0.3) is 0 Å². The third kappa shape index (κ3) is 4.46. The van der Waals surface area contributed by atoms with E-state index in [2.05, 4.69) is 15.9 Å². The number of benzene rings is 1. The molecule has 2 rings (SSSR count). The summed E-state index contributed by atoms with van der Waals surface area (Å²) in [7, 11) is 0. The second-order valence-electron chi connectivity index (χ2n) is 6.39. The number of hydrogen-bond acceptors (Lipinski definition) is 3. The van der Waals surface area contributed by atoms with Crippen molar-refractivity contribution in [1.82, 2.24) is 4.90 Å². The summed E-state index contributed by atoms with van der Waals surface area (Å²) >= 11 is 9.49. The molecule has 6 heteroatoms. The van der Waals surface area contributed by atoms with Crippen molar-refractivity contribution in [2.24, 2.45) is 0 Å². The van der Waals surface area contributed by atoms with Gasteiger partial charge in [0.05, 0.1) is 6.04 Å². The Kier molecular flexibility index (Phi) is 5.17. The molecule has 1 atom stereocenters. The molecule has 0 bridgehead atoms. The molecule has 1 aliphatic rings. The van der Waals surface area contributed by atoms with Gasteiger partial charge in [-0.05, 0) is 44.5 Å². The van der Waals surface area contributed by atoms with Crippen LogP contribution in [0.1, 0.15) is 45.2 Å². The number of carbonyl (C=O) groups is 2. The number of amides is 1. The molecule has 0 aliphatic carbocycles. The number of likely N-dealkylation sites (tertiary alicyclic amines) is 1. The number of piperidine rings is 1. The smallest absolute Gasteiger partial charge is 0.410 e. The van der Waals surface area contributed by atoms with Crippen LogP contribution in [-0.2, 0) is 9.53 Å². The van der Waals surface area contributed by atoms with E-state index in [0.29, 0.717) is 18.0 Å². The van der Waals surface area contributed by atoms with Crippen LogP contribution in [0.2, 0.25) is 5.02 Å². The molecule has 1 aromatic carbocycles. The number of rotatable bonds is 1. The number of carbonyl (C=O) groups excluding carboxylic acids is 2. The van der Waals surface area contributed by atoms with Crippen LogP contribution in [0.15, 0.2) is 22.7 Å². The quantitative estimate of drug-likeness (QED) is 0.698. The van der Waals surface area contributed by atoms with Crippen molar-refractivity contribution >= 4 is 39.4 Å². The second-order valence-corrected chi connectivity index (χ2v) is 7.74. The standard InChI is InChI=1S/C16H19BrClNO3/c1-16(2,3)22-15(21)19-5-4-13(20)9-14(19)10-6-11(17)8-12(18)7-10/h6-8,14H,4-5,9H2,1-3H3. The van der Waals surface area contributed by atoms with Crippen LogP contribution < -0.4 is 0 Å². The van der Waals surface area contributed by atoms with E-state index in [4.69, 9.17) is 16.3 Å². The number of ether oxygens (including phenoxy) is 1. The van der Waals surface area contributed by atoms with Crippen LogP contribution in [-0.4, -0.2) is 28.9 Å². The van der Waals surface area contributed by atoms with E-state index in [1.807, 2.05) is 26.8 Å². The topological polar surface area (TPSA) is 46.6 Å². The molecule has 1 heterocycles. The van der Waals surface area contributed by atoms with Gasteiger partial charge in [-0.3, -0.25) is 4.79 Å². The summed E-state index contributed by atoms with van der Waals surface area (Å²) in [6, 6.07) is 5.10. The van der Waals surface area contributed by atoms with Crippen molar-refractivity contribution in [2.75, 3.05) is 6.54 Å². The van der Waals surface area contributed by atoms with E-state index in [0.717, 1.165) is 10.0 Å². The molecule has 1 aromatic rings. The second kappa shape index (κ2) is 6.59. The fourth-order valence-corrected chi connectivity index (χ4v) is 3.32. The van der Waals surface area contributed by atoms with Crippen LogP contribution >= 0.6 is 27.5 Å². The van der Waals surface area contributed by atoms with Gasteiger partial charge < -0.3 is 9.64 Å². The molecule has 1 saturated heterocycles. The monoisotopic (exact) mass is 387 g/mol. The summed E-state index contributed by atoms with van der Waals surface area (Å²) in [6.07, 6.45) is 0.241. The van der Waals surface area contributed by atoms with Crippen LogP contribution in [0.5, 0.6) is 0 Å². The van der Waals surface area contributed by atoms with E-state index in [1.54, 1.807) is 17.0 Å². The highest BCUT2D eigenvalue weighted by atomic mass is 79.9. The molecule has 0 saturated carbocycles. The molecule has 0 radical (unpaired) electrons. The lowest BCUT2D eigenvalue weighted by Gasteiger charge is -2.36. The molecular formula is C16H19BrClNO3. The van der Waals surface area contributed by atoms with E-state index >= 15 is 0 Å². The molecule has 1 aliphatic heterocycles. The van der Waals surface area contributed by atoms with Crippen LogP contribution in [0.3, 0.4) is 0 Å². The number of Topliss-reactive ketones (excluding diaryl/α,β-unsaturated/α-hetero) is 1. The molecule has 0 aromatic heterocycles. The largest absolute Gasteiger partial charge is 0.444 e. The van der Waals surface area contributed by atoms with E-state index in [-0.39, 0.29) is 18.2 Å². The Morgan fingerprint density at radius 3 is 2.64 bits per heavy atom. The normalized spacial score (nSPS) is 19.2. The van der Waals surface area contributed by atoms with Gasteiger partial charge in [0.2, 0.25) is 0 Å². The zero-order valence-electron chi connectivity index (χ0n) is 12.9. The Morgan fingerprint density at radius 1 is 1.36 bits per heavy atom. The van der Waals surface area contributed by atoms with Crippen LogP contribution in [0, 0.1) is 0 Å². The van der Waals surface area contributed by atoms with Crippen LogP contribution in [0.4, 0.5) is 4.79 Å². The number of halogens is 2. The van der Waals surface area contributed by atoms with Gasteiger partial charge in [0.15, 0.2) is 0 Å². The Labute approximate surface area is 143 Å². The summed E-state index contributed by atoms with van der Waals surface area (Å²) in [6.45, 7) is 5.84. The molecule has 4 nitrogen and oxygen atoms in total. The molecular weight excluding hydrogens is 370 g/mol. The molecule has 22 heavy (non-hydrogen) atoms. The highest BCUT2D eigenvalue weighted by molar-refractivity contribution is 9.10. The first-order chi connectivity index (χ1) is 10.2. The summed E-state index contributed by atoms with van der Waals surface area (Å²) in [4.78, 5) is 25.9. The van der Waals surface area contributed by atoms with E-state index < -0.39 is 11.7 Å². The average Bonchev–Trinajstić information content (AvgIpc) is 2.35. The van der Waals surface area contributed by atoms with E-state index in [9.17, 15) is 9.59 Å². The molecule has 1 fully saturated rings. The lowest BCUT2D eigenvalue weighted by molar-refractivity contribution is -0.123. The zero-order chi connectivity index (χ0) is 16.5. The minimum absolute atomic E-state index is 0.140. The predicted octanol–water partition coefficient (Wildman–Crippen LogP) is 4.74. The fourth-order valence-electron chi connectivity index (χ4n) is 2.43. The summed E-state index contributed by atoms with van der Waals surface area (Å²) < 4.78 is 6.27. The van der Waals surface area contributed by atoms with Crippen molar-refractivity contribution in [3.63, 3.8) is 0 Å². The van der Waals surface area contributed by atoms with Gasteiger partial charge in [0.1, 0.15) is 11.4 Å². The Balaban J connectivity index is 2.30. The summed E-state index contributed by atoms with van der Waals surface area (Å²) in [5, 5.41) is 0.562. The molecule has 0 spiro atoms. The van der Waals surface area contributed by atoms with Crippen molar-refractivity contribution in [2.45, 2.75) is 45.3 Å². The number of ketones is 1. The first kappa shape index (κ1) is 17.3. The van der Waals surface area contributed by atoms with E-state index in [1.165, 1.54) is 0 Å². The fraction of sp³-hybridized carbons (Fsp3) is 0.500. The summed E-state index contributed by atoms with van der Waals surface area (Å²) in [5.41, 5.74) is 0.260. The van der Waals surface area contributed by atoms with Gasteiger partial charge in [0, 0.05) is 28.9 Å². The SMILES string of the molecule is CC(C)(C)OC(=O)N1CCC(=O)CC1c1cc(Cl)cc(Br)c1. The minimum atomic E-state index is -0.571. The lowest BCUT2D eigenvalue weighted by Crippen LogP contribution is -2.43. The molecule has 1 unspecified atom stereocenters. The van der Waals surface area contributed by atoms with Crippen molar-refractivity contribution in [3.05, 3.63) is 33.3 Å². The van der Waals surface area contributed by atoms with Gasteiger partial charge in [-0.25, -0.2) is 4.79 Å².